The zero-order valence-electron chi connectivity index (χ0n) is 12.3. The Kier molecular flexibility index (Phi) is 6.75. The summed E-state index contributed by atoms with van der Waals surface area (Å²) in [5.74, 6) is 0.590. The highest BCUT2D eigenvalue weighted by Gasteiger charge is 2.10. The lowest BCUT2D eigenvalue weighted by Gasteiger charge is -2.18. The normalized spacial score (nSPS) is 12.3. The molecule has 0 saturated carbocycles. The molecule has 0 amide bonds. The molecule has 112 valence electrons. The molecule has 0 spiro atoms. The van der Waals surface area contributed by atoms with Gasteiger partial charge in [-0.15, -0.1) is 0 Å². The van der Waals surface area contributed by atoms with E-state index < -0.39 is 0 Å². The highest BCUT2D eigenvalue weighted by Crippen LogP contribution is 2.18. The van der Waals surface area contributed by atoms with Gasteiger partial charge >= 0.3 is 0 Å². The van der Waals surface area contributed by atoms with Gasteiger partial charge in [0.2, 0.25) is 0 Å². The van der Waals surface area contributed by atoms with Gasteiger partial charge in [-0.1, -0.05) is 58.7 Å². The van der Waals surface area contributed by atoms with E-state index in [1.165, 1.54) is 11.1 Å². The van der Waals surface area contributed by atoms with Crippen LogP contribution in [0.3, 0.4) is 0 Å². The Morgan fingerprint density at radius 2 is 1.48 bits per heavy atom. The summed E-state index contributed by atoms with van der Waals surface area (Å²) >= 11 is 9.45. The Hall–Kier alpha value is -0.830. The summed E-state index contributed by atoms with van der Waals surface area (Å²) in [6.07, 6.45) is 2.16. The topological polar surface area (TPSA) is 12.0 Å². The molecular weight excluding hydrogens is 346 g/mol. The Balaban J connectivity index is 2.02. The van der Waals surface area contributed by atoms with Gasteiger partial charge in [-0.25, -0.2) is 0 Å². The molecule has 1 nitrogen and oxygen atoms in total. The minimum atomic E-state index is 0.590. The molecule has 0 saturated heterocycles. The van der Waals surface area contributed by atoms with Gasteiger partial charge in [-0.3, -0.25) is 0 Å². The molecule has 0 aliphatic rings. The lowest BCUT2D eigenvalue weighted by atomic mass is 9.92. The van der Waals surface area contributed by atoms with E-state index in [0.29, 0.717) is 5.92 Å². The van der Waals surface area contributed by atoms with E-state index in [1.54, 1.807) is 0 Å². The zero-order chi connectivity index (χ0) is 15.1. The third kappa shape index (κ3) is 5.82. The van der Waals surface area contributed by atoms with Crippen LogP contribution >= 0.6 is 27.5 Å². The molecule has 0 aliphatic carbocycles. The van der Waals surface area contributed by atoms with Crippen LogP contribution in [0, 0.1) is 5.92 Å². The Morgan fingerprint density at radius 1 is 0.952 bits per heavy atom. The summed E-state index contributed by atoms with van der Waals surface area (Å²) in [7, 11) is 0. The molecule has 1 atom stereocenters. The lowest BCUT2D eigenvalue weighted by Crippen LogP contribution is -2.25. The molecule has 1 unspecified atom stereocenters. The van der Waals surface area contributed by atoms with Crippen LogP contribution in [0.5, 0.6) is 0 Å². The minimum Gasteiger partial charge on any atom is -0.317 e. The van der Waals surface area contributed by atoms with Gasteiger partial charge in [-0.05, 0) is 67.2 Å². The molecule has 0 aliphatic heterocycles. The van der Waals surface area contributed by atoms with Crippen LogP contribution in [0.1, 0.15) is 18.1 Å². The van der Waals surface area contributed by atoms with Crippen molar-refractivity contribution in [2.24, 2.45) is 5.92 Å². The Morgan fingerprint density at radius 3 is 2.00 bits per heavy atom. The summed E-state index contributed by atoms with van der Waals surface area (Å²) in [6, 6.07) is 16.8. The molecule has 1 N–H and O–H groups in total. The fourth-order valence-corrected chi connectivity index (χ4v) is 2.86. The first-order valence-electron chi connectivity index (χ1n) is 7.37. The van der Waals surface area contributed by atoms with Crippen molar-refractivity contribution in [1.82, 2.24) is 5.32 Å². The number of hydrogen-bond acceptors (Lipinski definition) is 1. The van der Waals surface area contributed by atoms with Crippen LogP contribution in [-0.2, 0) is 12.8 Å². The molecule has 2 aromatic carbocycles. The van der Waals surface area contributed by atoms with Gasteiger partial charge < -0.3 is 5.32 Å². The highest BCUT2D eigenvalue weighted by molar-refractivity contribution is 9.10. The molecule has 0 radical (unpaired) electrons. The number of nitrogens with one attached hydrogen (secondary N) is 1. The van der Waals surface area contributed by atoms with Crippen molar-refractivity contribution in [2.45, 2.75) is 19.8 Å². The van der Waals surface area contributed by atoms with Crippen molar-refractivity contribution < 1.29 is 0 Å². The van der Waals surface area contributed by atoms with Gasteiger partial charge in [-0.2, -0.15) is 0 Å². The minimum absolute atomic E-state index is 0.590. The summed E-state index contributed by atoms with van der Waals surface area (Å²) in [4.78, 5) is 0. The van der Waals surface area contributed by atoms with E-state index in [0.717, 1.165) is 35.4 Å². The second-order valence-corrected chi connectivity index (χ2v) is 6.69. The molecule has 0 fully saturated rings. The molecule has 0 heterocycles. The largest absolute Gasteiger partial charge is 0.317 e. The quantitative estimate of drug-likeness (QED) is 0.717. The average Bonchev–Trinajstić information content (AvgIpc) is 2.49. The number of benzene rings is 2. The van der Waals surface area contributed by atoms with Gasteiger partial charge in [0.1, 0.15) is 0 Å². The maximum Gasteiger partial charge on any atom is 0.0406 e. The van der Waals surface area contributed by atoms with Crippen molar-refractivity contribution in [3.05, 3.63) is 69.2 Å². The van der Waals surface area contributed by atoms with Crippen LogP contribution in [0.25, 0.3) is 0 Å². The maximum absolute atomic E-state index is 5.96. The van der Waals surface area contributed by atoms with Gasteiger partial charge in [0.05, 0.1) is 0 Å². The van der Waals surface area contributed by atoms with Crippen molar-refractivity contribution >= 4 is 27.5 Å². The van der Waals surface area contributed by atoms with E-state index in [1.807, 2.05) is 12.1 Å². The van der Waals surface area contributed by atoms with E-state index in [4.69, 9.17) is 11.6 Å². The fourth-order valence-electron chi connectivity index (χ4n) is 2.47. The predicted molar refractivity (Wildman–Crippen MR) is 95.0 cm³/mol. The molecule has 0 aromatic heterocycles. The van der Waals surface area contributed by atoms with Crippen molar-refractivity contribution in [1.29, 1.82) is 0 Å². The van der Waals surface area contributed by atoms with Crippen LogP contribution < -0.4 is 5.32 Å². The third-order valence-corrected chi connectivity index (χ3v) is 4.34. The Bertz CT molecular complexity index is 489. The standard InChI is InChI=1S/C18H21BrClN/c1-2-21-13-16(11-14-3-7-17(19)8-4-14)12-15-5-9-18(20)10-6-15/h3-10,16,21H,2,11-13H2,1H3. The average molecular weight is 367 g/mol. The van der Waals surface area contributed by atoms with Crippen LogP contribution in [0.4, 0.5) is 0 Å². The van der Waals surface area contributed by atoms with Gasteiger partial charge in [0.15, 0.2) is 0 Å². The summed E-state index contributed by atoms with van der Waals surface area (Å²) < 4.78 is 1.13. The molecule has 21 heavy (non-hydrogen) atoms. The SMILES string of the molecule is CCNCC(Cc1ccc(Cl)cc1)Cc1ccc(Br)cc1. The second-order valence-electron chi connectivity index (χ2n) is 5.33. The molecule has 2 rings (SSSR count). The third-order valence-electron chi connectivity index (χ3n) is 3.56. The first-order valence-corrected chi connectivity index (χ1v) is 8.54. The smallest absolute Gasteiger partial charge is 0.0406 e. The first-order chi connectivity index (χ1) is 10.2. The van der Waals surface area contributed by atoms with Crippen LogP contribution in [-0.4, -0.2) is 13.1 Å². The highest BCUT2D eigenvalue weighted by atomic mass is 79.9. The van der Waals surface area contributed by atoms with E-state index in [9.17, 15) is 0 Å². The van der Waals surface area contributed by atoms with Crippen LogP contribution in [0.15, 0.2) is 53.0 Å². The monoisotopic (exact) mass is 365 g/mol. The number of halogens is 2. The molecule has 2 aromatic rings. The van der Waals surface area contributed by atoms with E-state index >= 15 is 0 Å². The lowest BCUT2D eigenvalue weighted by molar-refractivity contribution is 0.478. The first kappa shape index (κ1) is 16.5. The van der Waals surface area contributed by atoms with Gasteiger partial charge in [0, 0.05) is 9.50 Å². The molecular formula is C18H21BrClN. The summed E-state index contributed by atoms with van der Waals surface area (Å²) in [6.45, 7) is 4.20. The molecule has 0 bridgehead atoms. The van der Waals surface area contributed by atoms with Crippen molar-refractivity contribution in [2.75, 3.05) is 13.1 Å². The fraction of sp³-hybridized carbons (Fsp3) is 0.333. The molecule has 3 heteroatoms. The predicted octanol–water partition coefficient (Wildman–Crippen LogP) is 5.11. The maximum atomic E-state index is 5.96. The second kappa shape index (κ2) is 8.57. The number of hydrogen-bond donors (Lipinski definition) is 1. The van der Waals surface area contributed by atoms with Crippen molar-refractivity contribution in [3.63, 3.8) is 0 Å². The summed E-state index contributed by atoms with van der Waals surface area (Å²) in [5.41, 5.74) is 2.73. The van der Waals surface area contributed by atoms with Crippen molar-refractivity contribution in [3.8, 4) is 0 Å². The Labute approximate surface area is 140 Å². The van der Waals surface area contributed by atoms with Crippen LogP contribution in [0.2, 0.25) is 5.02 Å². The van der Waals surface area contributed by atoms with E-state index in [2.05, 4.69) is 64.6 Å². The number of rotatable bonds is 7. The summed E-state index contributed by atoms with van der Waals surface area (Å²) in [5, 5.41) is 4.28. The van der Waals surface area contributed by atoms with Gasteiger partial charge in [0.25, 0.3) is 0 Å². The zero-order valence-corrected chi connectivity index (χ0v) is 14.6. The van der Waals surface area contributed by atoms with E-state index in [-0.39, 0.29) is 0 Å².